The summed E-state index contributed by atoms with van der Waals surface area (Å²) in [7, 11) is 1.42. The Bertz CT molecular complexity index is 396. The Morgan fingerprint density at radius 1 is 1.64 bits per heavy atom. The van der Waals surface area contributed by atoms with Crippen LogP contribution in [0.4, 0.5) is 5.95 Å². The fourth-order valence-corrected chi connectivity index (χ4v) is 1.18. The van der Waals surface area contributed by atoms with Crippen molar-refractivity contribution in [2.45, 2.75) is 0 Å². The summed E-state index contributed by atoms with van der Waals surface area (Å²) in [5, 5.41) is 13.2. The van der Waals surface area contributed by atoms with Crippen molar-refractivity contribution in [3.05, 3.63) is 12.4 Å². The zero-order valence-corrected chi connectivity index (χ0v) is 7.28. The summed E-state index contributed by atoms with van der Waals surface area (Å²) in [6.45, 7) is 0. The Morgan fingerprint density at radius 2 is 2.50 bits per heavy atom. The van der Waals surface area contributed by atoms with E-state index < -0.39 is 0 Å². The fraction of sp³-hybridized carbons (Fsp3) is 0.167. The molecule has 8 nitrogen and oxygen atoms in total. The van der Waals surface area contributed by atoms with Gasteiger partial charge in [0.05, 0.1) is 13.3 Å². The van der Waals surface area contributed by atoms with Gasteiger partial charge in [-0.1, -0.05) is 5.10 Å². The lowest BCUT2D eigenvalue weighted by molar-refractivity contribution is -0.105. The highest BCUT2D eigenvalue weighted by molar-refractivity contribution is 6.31. The molecule has 1 aliphatic rings. The highest BCUT2D eigenvalue weighted by Gasteiger charge is 2.44. The third-order valence-electron chi connectivity index (χ3n) is 1.85. The minimum atomic E-state index is -0.375. The largest absolute Gasteiger partial charge is 0.412 e. The van der Waals surface area contributed by atoms with Crippen LogP contribution in [0.1, 0.15) is 0 Å². The zero-order valence-electron chi connectivity index (χ0n) is 7.28. The van der Waals surface area contributed by atoms with Gasteiger partial charge in [0.1, 0.15) is 0 Å². The van der Waals surface area contributed by atoms with E-state index in [-0.39, 0.29) is 16.4 Å². The number of H-pyrrole nitrogens is 1. The first-order valence-electron chi connectivity index (χ1n) is 3.73. The Labute approximate surface area is 78.4 Å². The number of aldehydes is 1. The number of tetrazole rings is 1. The summed E-state index contributed by atoms with van der Waals surface area (Å²) >= 11 is 0. The number of carbonyl (C=O) groups is 1. The number of hydrogen-bond donors (Lipinski definition) is 1. The molecule has 0 spiro atoms. The van der Waals surface area contributed by atoms with Crippen molar-refractivity contribution in [1.29, 1.82) is 0 Å². The SMILES string of the molecule is CO[N+]1(c2nn[nH]n2)C=CN=C1C=O. The average Bonchev–Trinajstić information content (AvgIpc) is 2.86. The van der Waals surface area contributed by atoms with Crippen LogP contribution in [0.3, 0.4) is 0 Å². The Balaban J connectivity index is 2.50. The molecule has 0 radical (unpaired) electrons. The lowest BCUT2D eigenvalue weighted by Gasteiger charge is -2.19. The lowest BCUT2D eigenvalue weighted by atomic mass is 10.5. The molecular weight excluding hydrogens is 188 g/mol. The van der Waals surface area contributed by atoms with Crippen molar-refractivity contribution in [2.75, 3.05) is 7.11 Å². The zero-order chi connectivity index (χ0) is 10.0. The van der Waals surface area contributed by atoms with Crippen LogP contribution < -0.4 is 4.65 Å². The quantitative estimate of drug-likeness (QED) is 0.501. The first kappa shape index (κ1) is 8.66. The van der Waals surface area contributed by atoms with E-state index in [9.17, 15) is 4.79 Å². The van der Waals surface area contributed by atoms with Gasteiger partial charge in [0.2, 0.25) is 6.29 Å². The summed E-state index contributed by atoms with van der Waals surface area (Å²) in [4.78, 5) is 19.7. The van der Waals surface area contributed by atoms with Crippen molar-refractivity contribution in [2.24, 2.45) is 4.99 Å². The van der Waals surface area contributed by atoms with E-state index in [0.29, 0.717) is 6.29 Å². The molecule has 0 saturated carbocycles. The van der Waals surface area contributed by atoms with E-state index >= 15 is 0 Å². The molecule has 0 amide bonds. The minimum Gasteiger partial charge on any atom is -0.290 e. The second-order valence-electron chi connectivity index (χ2n) is 2.46. The third-order valence-corrected chi connectivity index (χ3v) is 1.85. The molecular formula is C6H7N6O2+. The molecule has 1 aromatic heterocycles. The molecule has 1 aliphatic heterocycles. The van der Waals surface area contributed by atoms with Crippen LogP contribution in [0.15, 0.2) is 17.4 Å². The molecule has 0 bridgehead atoms. The second-order valence-corrected chi connectivity index (χ2v) is 2.46. The van der Waals surface area contributed by atoms with E-state index in [0.717, 1.165) is 0 Å². The number of nitrogens with one attached hydrogen (secondary N) is 1. The van der Waals surface area contributed by atoms with Crippen LogP contribution in [0, 0.1) is 0 Å². The van der Waals surface area contributed by atoms with Crippen molar-refractivity contribution in [3.63, 3.8) is 0 Å². The Hall–Kier alpha value is -1.93. The maximum absolute atomic E-state index is 10.7. The fourth-order valence-electron chi connectivity index (χ4n) is 1.18. The van der Waals surface area contributed by atoms with Gasteiger partial charge < -0.3 is 0 Å². The molecule has 2 heterocycles. The molecule has 8 heteroatoms. The number of aromatic amines is 1. The van der Waals surface area contributed by atoms with E-state index in [2.05, 4.69) is 25.6 Å². The lowest BCUT2D eigenvalue weighted by Crippen LogP contribution is -2.48. The normalized spacial score (nSPS) is 25.1. The Kier molecular flexibility index (Phi) is 1.91. The van der Waals surface area contributed by atoms with Crippen LogP contribution >= 0.6 is 0 Å². The number of nitrogens with zero attached hydrogens (tertiary/aromatic N) is 5. The third kappa shape index (κ3) is 0.980. The highest BCUT2D eigenvalue weighted by atomic mass is 16.7. The van der Waals surface area contributed by atoms with E-state index in [1.54, 1.807) is 0 Å². The van der Waals surface area contributed by atoms with Gasteiger partial charge >= 0.3 is 11.8 Å². The predicted molar refractivity (Wildman–Crippen MR) is 45.6 cm³/mol. The van der Waals surface area contributed by atoms with Crippen LogP contribution in [-0.2, 0) is 9.63 Å². The van der Waals surface area contributed by atoms with E-state index in [1.165, 1.54) is 19.5 Å². The molecule has 1 aromatic rings. The Morgan fingerprint density at radius 3 is 3.07 bits per heavy atom. The van der Waals surface area contributed by atoms with Gasteiger partial charge in [-0.2, -0.15) is 15.0 Å². The van der Waals surface area contributed by atoms with Gasteiger partial charge in [0.15, 0.2) is 6.20 Å². The summed E-state index contributed by atoms with van der Waals surface area (Å²) in [6, 6.07) is 0. The molecule has 1 atom stereocenters. The van der Waals surface area contributed by atoms with Crippen LogP contribution in [0.25, 0.3) is 0 Å². The van der Waals surface area contributed by atoms with Crippen LogP contribution in [-0.4, -0.2) is 39.9 Å². The summed E-state index contributed by atoms with van der Waals surface area (Å²) in [5.41, 5.74) is 0. The van der Waals surface area contributed by atoms with Crippen molar-refractivity contribution >= 4 is 18.1 Å². The molecule has 14 heavy (non-hydrogen) atoms. The first-order chi connectivity index (χ1) is 6.83. The summed E-state index contributed by atoms with van der Waals surface area (Å²) < 4.78 is -0.375. The monoisotopic (exact) mass is 195 g/mol. The van der Waals surface area contributed by atoms with Gasteiger partial charge in [-0.15, -0.1) is 0 Å². The molecule has 1 unspecified atom stereocenters. The van der Waals surface area contributed by atoms with Gasteiger partial charge in [0, 0.05) is 0 Å². The minimum absolute atomic E-state index is 0.147. The van der Waals surface area contributed by atoms with Crippen molar-refractivity contribution < 1.29 is 9.63 Å². The number of rotatable bonds is 3. The van der Waals surface area contributed by atoms with Gasteiger partial charge in [-0.3, -0.25) is 4.79 Å². The number of hydrogen-bond acceptors (Lipinski definition) is 6. The van der Waals surface area contributed by atoms with Gasteiger partial charge in [-0.25, -0.2) is 0 Å². The highest BCUT2D eigenvalue weighted by Crippen LogP contribution is 2.22. The van der Waals surface area contributed by atoms with Crippen molar-refractivity contribution in [1.82, 2.24) is 25.3 Å². The number of aliphatic imine (C=N–C) groups is 1. The van der Waals surface area contributed by atoms with Crippen LogP contribution in [0.2, 0.25) is 0 Å². The molecule has 0 saturated heterocycles. The topological polar surface area (TPSA) is 93.1 Å². The number of hydroxylamine groups is 2. The maximum Gasteiger partial charge on any atom is 0.412 e. The van der Waals surface area contributed by atoms with Crippen molar-refractivity contribution in [3.8, 4) is 0 Å². The number of quaternary nitrogens is 1. The smallest absolute Gasteiger partial charge is 0.290 e. The second kappa shape index (κ2) is 3.09. The number of carbonyl (C=O) groups excluding carboxylic acids is 1. The number of aromatic nitrogens is 4. The summed E-state index contributed by atoms with van der Waals surface area (Å²) in [5.74, 6) is 0.348. The van der Waals surface area contributed by atoms with E-state index in [1.807, 2.05) is 0 Å². The molecule has 0 fully saturated rings. The number of amidine groups is 1. The van der Waals surface area contributed by atoms with Gasteiger partial charge in [0.25, 0.3) is 0 Å². The standard InChI is InChI=1S/C6H7N6O2/c1-14-12(6-8-10-11-9-6)3-2-7-5(12)4-13/h2-4H,1H3,(H,8,9,10,11)/q+1. The van der Waals surface area contributed by atoms with Gasteiger partial charge in [-0.05, 0) is 15.0 Å². The summed E-state index contributed by atoms with van der Waals surface area (Å²) in [6.07, 6.45) is 3.57. The first-order valence-corrected chi connectivity index (χ1v) is 3.73. The average molecular weight is 195 g/mol. The molecule has 72 valence electrons. The molecule has 1 N–H and O–H groups in total. The molecule has 2 rings (SSSR count). The van der Waals surface area contributed by atoms with E-state index in [4.69, 9.17) is 4.84 Å². The maximum atomic E-state index is 10.7. The van der Waals surface area contributed by atoms with Crippen LogP contribution in [0.5, 0.6) is 0 Å². The predicted octanol–water partition coefficient (Wildman–Crippen LogP) is -0.849. The molecule has 0 aromatic carbocycles. The molecule has 0 aliphatic carbocycles.